The Labute approximate surface area is 116 Å². The Morgan fingerprint density at radius 2 is 2.25 bits per heavy atom. The molecule has 2 N–H and O–H groups in total. The third-order valence-corrected chi connectivity index (χ3v) is 3.41. The predicted molar refractivity (Wildman–Crippen MR) is 72.2 cm³/mol. The van der Waals surface area contributed by atoms with E-state index in [1.807, 2.05) is 4.57 Å². The maximum absolute atomic E-state index is 12.6. The molecule has 1 aliphatic heterocycles. The van der Waals surface area contributed by atoms with Crippen molar-refractivity contribution in [2.24, 2.45) is 0 Å². The fourth-order valence-corrected chi connectivity index (χ4v) is 2.36. The van der Waals surface area contributed by atoms with Gasteiger partial charge in [0.15, 0.2) is 11.6 Å². The van der Waals surface area contributed by atoms with E-state index in [2.05, 4.69) is 10.2 Å². The number of methoxy groups -OCH3 is 1. The van der Waals surface area contributed by atoms with Gasteiger partial charge in [0.1, 0.15) is 6.33 Å². The van der Waals surface area contributed by atoms with Crippen LogP contribution < -0.4 is 10.5 Å². The van der Waals surface area contributed by atoms with E-state index in [1.54, 1.807) is 29.4 Å². The first-order valence-electron chi connectivity index (χ1n) is 6.29. The van der Waals surface area contributed by atoms with E-state index < -0.39 is 0 Å². The third kappa shape index (κ3) is 1.97. The molecule has 0 saturated heterocycles. The summed E-state index contributed by atoms with van der Waals surface area (Å²) in [5, 5.41) is 7.85. The van der Waals surface area contributed by atoms with Crippen molar-refractivity contribution < 1.29 is 9.53 Å². The molecule has 0 radical (unpaired) electrons. The SMILES string of the molecule is COc1c(N)cccc1C(=O)N1CCn2cnnc2C1. The highest BCUT2D eigenvalue weighted by Crippen LogP contribution is 2.27. The summed E-state index contributed by atoms with van der Waals surface area (Å²) in [5.41, 5.74) is 6.77. The number of hydrogen-bond donors (Lipinski definition) is 1. The number of hydrogen-bond acceptors (Lipinski definition) is 5. The van der Waals surface area contributed by atoms with Gasteiger partial charge in [-0.1, -0.05) is 6.07 Å². The Morgan fingerprint density at radius 1 is 1.40 bits per heavy atom. The van der Waals surface area contributed by atoms with Gasteiger partial charge in [-0.15, -0.1) is 10.2 Å². The molecular weight excluding hydrogens is 258 g/mol. The largest absolute Gasteiger partial charge is 0.494 e. The first-order chi connectivity index (χ1) is 9.70. The number of nitrogen functional groups attached to an aromatic ring is 1. The van der Waals surface area contributed by atoms with Crippen LogP contribution in [0.25, 0.3) is 0 Å². The number of nitrogens with zero attached hydrogens (tertiary/aromatic N) is 4. The summed E-state index contributed by atoms with van der Waals surface area (Å²) >= 11 is 0. The van der Waals surface area contributed by atoms with Crippen molar-refractivity contribution in [3.8, 4) is 5.75 Å². The molecule has 0 fully saturated rings. The number of benzene rings is 1. The highest BCUT2D eigenvalue weighted by Gasteiger charge is 2.25. The molecule has 0 atom stereocenters. The molecule has 3 rings (SSSR count). The molecule has 1 aliphatic rings. The Kier molecular flexibility index (Phi) is 3.02. The van der Waals surface area contributed by atoms with Crippen LogP contribution >= 0.6 is 0 Å². The van der Waals surface area contributed by atoms with Crippen molar-refractivity contribution in [2.45, 2.75) is 13.1 Å². The summed E-state index contributed by atoms with van der Waals surface area (Å²) in [4.78, 5) is 14.3. The normalized spacial score (nSPS) is 13.9. The molecule has 2 aromatic rings. The zero-order valence-electron chi connectivity index (χ0n) is 11.1. The smallest absolute Gasteiger partial charge is 0.258 e. The molecule has 0 bridgehead atoms. The van der Waals surface area contributed by atoms with E-state index in [-0.39, 0.29) is 5.91 Å². The highest BCUT2D eigenvalue weighted by molar-refractivity contribution is 5.98. The minimum absolute atomic E-state index is 0.108. The van der Waals surface area contributed by atoms with Gasteiger partial charge in [-0.2, -0.15) is 0 Å². The third-order valence-electron chi connectivity index (χ3n) is 3.41. The lowest BCUT2D eigenvalue weighted by Crippen LogP contribution is -2.38. The second-order valence-electron chi connectivity index (χ2n) is 4.60. The minimum Gasteiger partial charge on any atom is -0.494 e. The van der Waals surface area contributed by atoms with Crippen LogP contribution in [0.5, 0.6) is 5.75 Å². The summed E-state index contributed by atoms with van der Waals surface area (Å²) in [6, 6.07) is 5.18. The Hall–Kier alpha value is -2.57. The molecule has 0 saturated carbocycles. The van der Waals surface area contributed by atoms with E-state index in [0.29, 0.717) is 36.6 Å². The van der Waals surface area contributed by atoms with E-state index in [4.69, 9.17) is 10.5 Å². The first-order valence-corrected chi connectivity index (χ1v) is 6.29. The van der Waals surface area contributed by atoms with E-state index in [9.17, 15) is 4.79 Å². The number of aromatic nitrogens is 3. The second-order valence-corrected chi connectivity index (χ2v) is 4.60. The van der Waals surface area contributed by atoms with Gasteiger partial charge >= 0.3 is 0 Å². The van der Waals surface area contributed by atoms with Crippen LogP contribution in [0.3, 0.4) is 0 Å². The van der Waals surface area contributed by atoms with Crippen LogP contribution in [0.15, 0.2) is 24.5 Å². The zero-order chi connectivity index (χ0) is 14.1. The van der Waals surface area contributed by atoms with Crippen molar-refractivity contribution in [1.82, 2.24) is 19.7 Å². The maximum Gasteiger partial charge on any atom is 0.258 e. The first kappa shape index (κ1) is 12.5. The number of fused-ring (bicyclic) bond motifs is 1. The predicted octanol–water partition coefficient (Wildman–Crippen LogP) is 0.525. The number of carbonyl (C=O) groups excluding carboxylic acids is 1. The molecule has 7 nitrogen and oxygen atoms in total. The number of carbonyl (C=O) groups is 1. The van der Waals surface area contributed by atoms with Gasteiger partial charge < -0.3 is 19.9 Å². The van der Waals surface area contributed by atoms with Gasteiger partial charge in [-0.05, 0) is 12.1 Å². The lowest BCUT2D eigenvalue weighted by Gasteiger charge is -2.27. The van der Waals surface area contributed by atoms with Gasteiger partial charge in [0, 0.05) is 13.1 Å². The zero-order valence-corrected chi connectivity index (χ0v) is 11.1. The van der Waals surface area contributed by atoms with Crippen molar-refractivity contribution in [3.63, 3.8) is 0 Å². The van der Waals surface area contributed by atoms with Gasteiger partial charge in [0.05, 0.1) is 24.9 Å². The van der Waals surface area contributed by atoms with Crippen LogP contribution in [0.1, 0.15) is 16.2 Å². The monoisotopic (exact) mass is 273 g/mol. The average molecular weight is 273 g/mol. The topological polar surface area (TPSA) is 86.3 Å². The average Bonchev–Trinajstić information content (AvgIpc) is 2.93. The Bertz CT molecular complexity index is 652. The van der Waals surface area contributed by atoms with Crippen molar-refractivity contribution >= 4 is 11.6 Å². The number of ether oxygens (including phenoxy) is 1. The second kappa shape index (κ2) is 4.84. The standard InChI is InChI=1S/C13H15N5O2/c1-20-12-9(3-2-4-10(12)14)13(19)17-5-6-18-8-15-16-11(18)7-17/h2-4,8H,5-7,14H2,1H3. The Morgan fingerprint density at radius 3 is 3.05 bits per heavy atom. The summed E-state index contributed by atoms with van der Waals surface area (Å²) < 4.78 is 7.18. The fourth-order valence-electron chi connectivity index (χ4n) is 2.36. The molecular formula is C13H15N5O2. The number of para-hydroxylation sites is 1. The van der Waals surface area contributed by atoms with Crippen molar-refractivity contribution in [1.29, 1.82) is 0 Å². The van der Waals surface area contributed by atoms with Crippen LogP contribution in [0.2, 0.25) is 0 Å². The lowest BCUT2D eigenvalue weighted by atomic mass is 10.1. The fraction of sp³-hybridized carbons (Fsp3) is 0.308. The summed E-state index contributed by atoms with van der Waals surface area (Å²) in [7, 11) is 1.51. The van der Waals surface area contributed by atoms with Crippen LogP contribution in [0, 0.1) is 0 Å². The molecule has 2 heterocycles. The number of amides is 1. The molecule has 0 aliphatic carbocycles. The van der Waals surface area contributed by atoms with Crippen LogP contribution in [-0.4, -0.2) is 39.2 Å². The number of nitrogens with two attached hydrogens (primary N) is 1. The summed E-state index contributed by atoms with van der Waals surface area (Å²) in [5.74, 6) is 1.10. The van der Waals surface area contributed by atoms with Gasteiger partial charge in [-0.3, -0.25) is 4.79 Å². The molecule has 0 unspecified atom stereocenters. The van der Waals surface area contributed by atoms with Crippen molar-refractivity contribution in [3.05, 3.63) is 35.9 Å². The molecule has 1 amide bonds. The van der Waals surface area contributed by atoms with Gasteiger partial charge in [0.2, 0.25) is 0 Å². The van der Waals surface area contributed by atoms with Crippen LogP contribution in [-0.2, 0) is 13.1 Å². The van der Waals surface area contributed by atoms with Gasteiger partial charge in [0.25, 0.3) is 5.91 Å². The van der Waals surface area contributed by atoms with E-state index in [1.165, 1.54) is 7.11 Å². The summed E-state index contributed by atoms with van der Waals surface area (Å²) in [6.45, 7) is 1.75. The Balaban J connectivity index is 1.89. The molecule has 1 aromatic carbocycles. The van der Waals surface area contributed by atoms with Crippen molar-refractivity contribution in [2.75, 3.05) is 19.4 Å². The van der Waals surface area contributed by atoms with Gasteiger partial charge in [-0.25, -0.2) is 0 Å². The van der Waals surface area contributed by atoms with E-state index >= 15 is 0 Å². The van der Waals surface area contributed by atoms with E-state index in [0.717, 1.165) is 5.82 Å². The van der Waals surface area contributed by atoms with Crippen LogP contribution in [0.4, 0.5) is 5.69 Å². The molecule has 1 aromatic heterocycles. The number of anilines is 1. The molecule has 7 heteroatoms. The quantitative estimate of drug-likeness (QED) is 0.806. The minimum atomic E-state index is -0.108. The molecule has 0 spiro atoms. The summed E-state index contributed by atoms with van der Waals surface area (Å²) in [6.07, 6.45) is 1.68. The molecule has 20 heavy (non-hydrogen) atoms. The number of rotatable bonds is 2. The maximum atomic E-state index is 12.6. The lowest BCUT2D eigenvalue weighted by molar-refractivity contribution is 0.0704. The highest BCUT2D eigenvalue weighted by atomic mass is 16.5. The molecule has 104 valence electrons.